The Balaban J connectivity index is 1.55. The fourth-order valence-corrected chi connectivity index (χ4v) is 3.19. The van der Waals surface area contributed by atoms with Crippen LogP contribution in [0, 0.1) is 0 Å². The number of hydrogen-bond acceptors (Lipinski definition) is 4. The van der Waals surface area contributed by atoms with Crippen LogP contribution < -0.4 is 20.9 Å². The summed E-state index contributed by atoms with van der Waals surface area (Å²) >= 11 is 0. The van der Waals surface area contributed by atoms with Crippen molar-refractivity contribution in [1.29, 1.82) is 0 Å². The minimum absolute atomic E-state index is 0.218. The zero-order chi connectivity index (χ0) is 20.5. The Morgan fingerprint density at radius 2 is 1.62 bits per heavy atom. The van der Waals surface area contributed by atoms with Crippen LogP contribution in [0.2, 0.25) is 0 Å². The number of urea groups is 1. The zero-order valence-electron chi connectivity index (χ0n) is 16.5. The largest absolute Gasteiger partial charge is 0.357 e. The van der Waals surface area contributed by atoms with Gasteiger partial charge in [-0.05, 0) is 49.2 Å². The van der Waals surface area contributed by atoms with Gasteiger partial charge in [0.15, 0.2) is 0 Å². The van der Waals surface area contributed by atoms with Gasteiger partial charge < -0.3 is 20.9 Å². The summed E-state index contributed by atoms with van der Waals surface area (Å²) in [7, 11) is 0. The van der Waals surface area contributed by atoms with Crippen molar-refractivity contribution in [3.63, 3.8) is 0 Å². The number of hydrogen-bond donors (Lipinski definition) is 3. The standard InChI is InChI=1S/C22H27N5O2/c1-2-13-23-22(29)26-19-10-8-18(9-11-19)25-21(28)17-7-12-20(24-16-17)27-14-5-3-4-6-15-27/h2,7-12,16H,1,3-6,13-15H2,(H,25,28)(H2,23,26,29). The average Bonchev–Trinajstić information content (AvgIpc) is 3.03. The second-order valence-corrected chi connectivity index (χ2v) is 6.96. The van der Waals surface area contributed by atoms with Gasteiger partial charge in [0.2, 0.25) is 0 Å². The van der Waals surface area contributed by atoms with Crippen LogP contribution in [0.15, 0.2) is 55.3 Å². The summed E-state index contributed by atoms with van der Waals surface area (Å²) in [6.07, 6.45) is 8.13. The van der Waals surface area contributed by atoms with Crippen LogP contribution in [0.5, 0.6) is 0 Å². The molecule has 1 fully saturated rings. The highest BCUT2D eigenvalue weighted by atomic mass is 16.2. The topological polar surface area (TPSA) is 86.4 Å². The van der Waals surface area contributed by atoms with Gasteiger partial charge in [-0.15, -0.1) is 6.58 Å². The van der Waals surface area contributed by atoms with Gasteiger partial charge in [0.25, 0.3) is 5.91 Å². The van der Waals surface area contributed by atoms with Crippen LogP contribution in [0.25, 0.3) is 0 Å². The lowest BCUT2D eigenvalue weighted by Gasteiger charge is -2.21. The second-order valence-electron chi connectivity index (χ2n) is 6.96. The first kappa shape index (κ1) is 20.4. The Bertz CT molecular complexity index is 825. The van der Waals surface area contributed by atoms with Crippen LogP contribution in [0.1, 0.15) is 36.0 Å². The average molecular weight is 393 g/mol. The summed E-state index contributed by atoms with van der Waals surface area (Å²) in [4.78, 5) is 30.9. The third-order valence-electron chi connectivity index (χ3n) is 4.75. The molecule has 0 radical (unpaired) electrons. The molecule has 1 saturated heterocycles. The maximum Gasteiger partial charge on any atom is 0.319 e. The molecule has 1 aromatic heterocycles. The van der Waals surface area contributed by atoms with Crippen LogP contribution in [0.3, 0.4) is 0 Å². The molecule has 1 aromatic carbocycles. The van der Waals surface area contributed by atoms with E-state index in [1.165, 1.54) is 25.7 Å². The van der Waals surface area contributed by atoms with Crippen LogP contribution >= 0.6 is 0 Å². The van der Waals surface area contributed by atoms with E-state index in [9.17, 15) is 9.59 Å². The number of amides is 3. The highest BCUT2D eigenvalue weighted by Crippen LogP contribution is 2.18. The third kappa shape index (κ3) is 6.07. The summed E-state index contributed by atoms with van der Waals surface area (Å²) in [5.74, 6) is 0.706. The first-order valence-corrected chi connectivity index (χ1v) is 9.94. The molecule has 0 unspecified atom stereocenters. The van der Waals surface area contributed by atoms with E-state index in [1.807, 2.05) is 12.1 Å². The van der Waals surface area contributed by atoms with E-state index in [0.717, 1.165) is 18.9 Å². The van der Waals surface area contributed by atoms with Gasteiger partial charge in [-0.3, -0.25) is 4.79 Å². The fraction of sp³-hybridized carbons (Fsp3) is 0.318. The van der Waals surface area contributed by atoms with Crippen LogP contribution in [-0.2, 0) is 0 Å². The molecular weight excluding hydrogens is 366 g/mol. The van der Waals surface area contributed by atoms with Crippen molar-refractivity contribution in [2.75, 3.05) is 35.2 Å². The smallest absolute Gasteiger partial charge is 0.319 e. The minimum atomic E-state index is -0.308. The maximum atomic E-state index is 12.5. The van der Waals surface area contributed by atoms with Crippen molar-refractivity contribution in [2.45, 2.75) is 25.7 Å². The normalized spacial score (nSPS) is 13.9. The van der Waals surface area contributed by atoms with Crippen molar-refractivity contribution in [1.82, 2.24) is 10.3 Å². The van der Waals surface area contributed by atoms with E-state index in [-0.39, 0.29) is 11.9 Å². The van der Waals surface area contributed by atoms with E-state index in [0.29, 0.717) is 23.5 Å². The maximum absolute atomic E-state index is 12.5. The predicted octanol–water partition coefficient (Wildman–Crippen LogP) is 4.02. The van der Waals surface area contributed by atoms with Gasteiger partial charge in [-0.25, -0.2) is 9.78 Å². The number of anilines is 3. The van der Waals surface area contributed by atoms with Crippen molar-refractivity contribution < 1.29 is 9.59 Å². The molecule has 0 aliphatic carbocycles. The Labute approximate surface area is 171 Å². The van der Waals surface area contributed by atoms with Gasteiger partial charge in [0.1, 0.15) is 5.82 Å². The Morgan fingerprint density at radius 3 is 2.21 bits per heavy atom. The summed E-state index contributed by atoms with van der Waals surface area (Å²) in [5, 5.41) is 8.19. The van der Waals surface area contributed by atoms with Gasteiger partial charge >= 0.3 is 6.03 Å². The summed E-state index contributed by atoms with van der Waals surface area (Å²) in [6, 6.07) is 10.3. The van der Waals surface area contributed by atoms with Crippen molar-refractivity contribution in [3.05, 3.63) is 60.8 Å². The molecule has 29 heavy (non-hydrogen) atoms. The van der Waals surface area contributed by atoms with Crippen LogP contribution in [-0.4, -0.2) is 36.6 Å². The molecule has 0 saturated carbocycles. The first-order chi connectivity index (χ1) is 14.2. The molecule has 2 heterocycles. The fourth-order valence-electron chi connectivity index (χ4n) is 3.19. The molecule has 3 rings (SSSR count). The van der Waals surface area contributed by atoms with E-state index < -0.39 is 0 Å². The molecule has 7 nitrogen and oxygen atoms in total. The number of carbonyl (C=O) groups is 2. The number of aromatic nitrogens is 1. The number of pyridine rings is 1. The second kappa shape index (κ2) is 10.3. The Kier molecular flexibility index (Phi) is 7.22. The molecule has 3 N–H and O–H groups in total. The lowest BCUT2D eigenvalue weighted by atomic mass is 10.2. The molecule has 0 spiro atoms. The van der Waals surface area contributed by atoms with Crippen LogP contribution in [0.4, 0.5) is 22.0 Å². The SMILES string of the molecule is C=CCNC(=O)Nc1ccc(NC(=O)c2ccc(N3CCCCCC3)nc2)cc1. The quantitative estimate of drug-likeness (QED) is 0.647. The van der Waals surface area contributed by atoms with E-state index in [4.69, 9.17) is 0 Å². The molecule has 0 atom stereocenters. The summed E-state index contributed by atoms with van der Waals surface area (Å²) < 4.78 is 0. The van der Waals surface area contributed by atoms with Crippen molar-refractivity contribution >= 4 is 29.1 Å². The molecular formula is C22H27N5O2. The number of rotatable bonds is 6. The van der Waals surface area contributed by atoms with Gasteiger partial charge in [-0.2, -0.15) is 0 Å². The molecule has 1 aliphatic heterocycles. The van der Waals surface area contributed by atoms with Crippen molar-refractivity contribution in [3.8, 4) is 0 Å². The number of nitrogens with one attached hydrogen (secondary N) is 3. The number of nitrogens with zero attached hydrogens (tertiary/aromatic N) is 2. The number of benzene rings is 1. The van der Waals surface area contributed by atoms with Crippen molar-refractivity contribution in [2.24, 2.45) is 0 Å². The molecule has 0 bridgehead atoms. The number of carbonyl (C=O) groups excluding carboxylic acids is 2. The van der Waals surface area contributed by atoms with E-state index in [1.54, 1.807) is 36.5 Å². The Morgan fingerprint density at radius 1 is 0.966 bits per heavy atom. The lowest BCUT2D eigenvalue weighted by Crippen LogP contribution is -2.28. The minimum Gasteiger partial charge on any atom is -0.357 e. The van der Waals surface area contributed by atoms with E-state index >= 15 is 0 Å². The van der Waals surface area contributed by atoms with Gasteiger partial charge in [0, 0.05) is 37.2 Å². The molecule has 3 amide bonds. The molecule has 1 aliphatic rings. The highest BCUT2D eigenvalue weighted by Gasteiger charge is 2.12. The molecule has 152 valence electrons. The lowest BCUT2D eigenvalue weighted by molar-refractivity contribution is 0.102. The van der Waals surface area contributed by atoms with E-state index in [2.05, 4.69) is 32.4 Å². The summed E-state index contributed by atoms with van der Waals surface area (Å²) in [5.41, 5.74) is 1.78. The Hall–Kier alpha value is -3.35. The molecule has 7 heteroatoms. The first-order valence-electron chi connectivity index (χ1n) is 9.94. The van der Waals surface area contributed by atoms with Gasteiger partial charge in [-0.1, -0.05) is 18.9 Å². The van der Waals surface area contributed by atoms with Gasteiger partial charge in [0.05, 0.1) is 5.56 Å². The summed E-state index contributed by atoms with van der Waals surface area (Å²) in [6.45, 7) is 5.98. The third-order valence-corrected chi connectivity index (χ3v) is 4.75. The molecule has 2 aromatic rings. The zero-order valence-corrected chi connectivity index (χ0v) is 16.5. The monoisotopic (exact) mass is 393 g/mol. The highest BCUT2D eigenvalue weighted by molar-refractivity contribution is 6.04. The predicted molar refractivity (Wildman–Crippen MR) is 117 cm³/mol.